The lowest BCUT2D eigenvalue weighted by molar-refractivity contribution is 0.200. The molecule has 0 fully saturated rings. The number of rotatable bonds is 0. The van der Waals surface area contributed by atoms with Crippen molar-refractivity contribution in [1.29, 1.82) is 0 Å². The van der Waals surface area contributed by atoms with Crippen molar-refractivity contribution in [2.24, 2.45) is 0 Å². The van der Waals surface area contributed by atoms with Gasteiger partial charge in [0.25, 0.3) is 0 Å². The van der Waals surface area contributed by atoms with Crippen molar-refractivity contribution >= 4 is 11.8 Å². The molecule has 1 aromatic carbocycles. The Morgan fingerprint density at radius 3 is 2.92 bits per heavy atom. The molecule has 0 unspecified atom stereocenters. The smallest absolute Gasteiger partial charge is 0.163 e. The normalized spacial score (nSPS) is 21.3. The van der Waals surface area contributed by atoms with Gasteiger partial charge in [-0.2, -0.15) is 11.8 Å². The van der Waals surface area contributed by atoms with Crippen LogP contribution in [0.4, 0.5) is 8.78 Å². The topological polar surface area (TPSA) is 20.2 Å². The maximum Gasteiger partial charge on any atom is 0.163 e. The summed E-state index contributed by atoms with van der Waals surface area (Å²) in [6.07, 6.45) is -0.663. The van der Waals surface area contributed by atoms with E-state index in [-0.39, 0.29) is 0 Å². The third-order valence-corrected chi connectivity index (χ3v) is 3.16. The van der Waals surface area contributed by atoms with Gasteiger partial charge in [0.1, 0.15) is 0 Å². The van der Waals surface area contributed by atoms with Crippen molar-refractivity contribution in [3.63, 3.8) is 0 Å². The first kappa shape index (κ1) is 8.97. The third-order valence-electron chi connectivity index (χ3n) is 2.11. The first-order valence-electron chi connectivity index (χ1n) is 3.92. The van der Waals surface area contributed by atoms with Crippen LogP contribution < -0.4 is 0 Å². The number of fused-ring (bicyclic) bond motifs is 1. The first-order chi connectivity index (χ1) is 6.20. The molecular formula is C9H8F2OS. The molecule has 70 valence electrons. The number of hydrogen-bond acceptors (Lipinski definition) is 2. The molecule has 0 radical (unpaired) electrons. The predicted octanol–water partition coefficient (Wildman–Crippen LogP) is 2.25. The molecule has 2 rings (SSSR count). The highest BCUT2D eigenvalue weighted by atomic mass is 32.2. The molecule has 1 N–H and O–H groups in total. The van der Waals surface area contributed by atoms with E-state index in [4.69, 9.17) is 0 Å². The summed E-state index contributed by atoms with van der Waals surface area (Å²) in [6, 6.07) is 2.52. The van der Waals surface area contributed by atoms with Crippen molar-refractivity contribution in [1.82, 2.24) is 0 Å². The number of aliphatic hydroxyl groups excluding tert-OH is 1. The Hall–Kier alpha value is -0.610. The molecule has 1 heterocycles. The molecule has 1 nitrogen and oxygen atoms in total. The van der Waals surface area contributed by atoms with Gasteiger partial charge in [-0.25, -0.2) is 8.78 Å². The van der Waals surface area contributed by atoms with Gasteiger partial charge in [-0.3, -0.25) is 0 Å². The minimum absolute atomic E-state index is 0.309. The summed E-state index contributed by atoms with van der Waals surface area (Å²) in [5, 5.41) is 9.47. The SMILES string of the molecule is O[C@@H]1CSCc2c1ccc(F)c2F. The maximum atomic E-state index is 13.2. The summed E-state index contributed by atoms with van der Waals surface area (Å²) >= 11 is 1.41. The van der Waals surface area contributed by atoms with Gasteiger partial charge < -0.3 is 5.11 Å². The number of hydrogen-bond donors (Lipinski definition) is 1. The molecule has 1 aromatic rings. The quantitative estimate of drug-likeness (QED) is 0.696. The molecule has 0 bridgehead atoms. The van der Waals surface area contributed by atoms with Crippen LogP contribution in [0.1, 0.15) is 17.2 Å². The minimum Gasteiger partial charge on any atom is -0.388 e. The summed E-state index contributed by atoms with van der Waals surface area (Å²) in [7, 11) is 0. The van der Waals surface area contributed by atoms with E-state index in [0.29, 0.717) is 22.6 Å². The van der Waals surface area contributed by atoms with Crippen LogP contribution in [0.15, 0.2) is 12.1 Å². The second kappa shape index (κ2) is 3.27. The Kier molecular flexibility index (Phi) is 2.26. The van der Waals surface area contributed by atoms with Gasteiger partial charge in [0.15, 0.2) is 11.6 Å². The summed E-state index contributed by atoms with van der Waals surface area (Å²) in [5.41, 5.74) is 0.835. The Labute approximate surface area is 78.8 Å². The number of benzene rings is 1. The second-order valence-electron chi connectivity index (χ2n) is 2.96. The van der Waals surface area contributed by atoms with Crippen molar-refractivity contribution in [2.45, 2.75) is 11.9 Å². The fourth-order valence-electron chi connectivity index (χ4n) is 1.43. The van der Waals surface area contributed by atoms with Gasteiger partial charge in [0, 0.05) is 17.1 Å². The van der Waals surface area contributed by atoms with E-state index in [1.165, 1.54) is 17.8 Å². The van der Waals surface area contributed by atoms with Crippen molar-refractivity contribution in [2.75, 3.05) is 5.75 Å². The van der Waals surface area contributed by atoms with E-state index in [1.807, 2.05) is 0 Å². The van der Waals surface area contributed by atoms with Crippen LogP contribution >= 0.6 is 11.8 Å². The third kappa shape index (κ3) is 1.44. The fourth-order valence-corrected chi connectivity index (χ4v) is 2.45. The number of aliphatic hydroxyl groups is 1. The number of thioether (sulfide) groups is 1. The second-order valence-corrected chi connectivity index (χ2v) is 3.99. The molecule has 0 saturated heterocycles. The summed E-state index contributed by atoms with van der Waals surface area (Å²) in [5.74, 6) is -0.661. The minimum atomic E-state index is -0.839. The molecule has 0 aromatic heterocycles. The van der Waals surface area contributed by atoms with Crippen LogP contribution in [0.25, 0.3) is 0 Å². The van der Waals surface area contributed by atoms with Crippen molar-refractivity contribution < 1.29 is 13.9 Å². The van der Waals surface area contributed by atoms with Gasteiger partial charge >= 0.3 is 0 Å². The standard InChI is InChI=1S/C9H8F2OS/c10-7-2-1-5-6(9(7)11)3-13-4-8(5)12/h1-2,8,12H,3-4H2/t8-/m1/s1. The van der Waals surface area contributed by atoms with Gasteiger partial charge in [0.2, 0.25) is 0 Å². The maximum absolute atomic E-state index is 13.2. The van der Waals surface area contributed by atoms with E-state index in [9.17, 15) is 13.9 Å². The van der Waals surface area contributed by atoms with Crippen LogP contribution in [0.2, 0.25) is 0 Å². The molecule has 0 saturated carbocycles. The molecule has 1 aliphatic heterocycles. The zero-order valence-corrected chi connectivity index (χ0v) is 7.57. The number of halogens is 2. The fraction of sp³-hybridized carbons (Fsp3) is 0.333. The Morgan fingerprint density at radius 2 is 2.15 bits per heavy atom. The van der Waals surface area contributed by atoms with Gasteiger partial charge in [0.05, 0.1) is 6.10 Å². The lowest BCUT2D eigenvalue weighted by Gasteiger charge is -2.21. The molecular weight excluding hydrogens is 194 g/mol. The molecule has 4 heteroatoms. The lowest BCUT2D eigenvalue weighted by Crippen LogP contribution is -2.12. The van der Waals surface area contributed by atoms with E-state index in [1.54, 1.807) is 0 Å². The Morgan fingerprint density at radius 1 is 1.38 bits per heavy atom. The summed E-state index contributed by atoms with van der Waals surface area (Å²) in [6.45, 7) is 0. The first-order valence-corrected chi connectivity index (χ1v) is 5.08. The highest BCUT2D eigenvalue weighted by molar-refractivity contribution is 7.98. The average Bonchev–Trinajstić information content (AvgIpc) is 2.12. The molecule has 1 aliphatic rings. The van der Waals surface area contributed by atoms with Crippen LogP contribution in [0.5, 0.6) is 0 Å². The largest absolute Gasteiger partial charge is 0.388 e. The van der Waals surface area contributed by atoms with Crippen LogP contribution in [-0.4, -0.2) is 10.9 Å². The molecule has 1 atom stereocenters. The van der Waals surface area contributed by atoms with E-state index in [2.05, 4.69) is 0 Å². The lowest BCUT2D eigenvalue weighted by atomic mass is 10.0. The van der Waals surface area contributed by atoms with Gasteiger partial charge in [-0.1, -0.05) is 6.07 Å². The predicted molar refractivity (Wildman–Crippen MR) is 47.5 cm³/mol. The van der Waals surface area contributed by atoms with E-state index >= 15 is 0 Å². The van der Waals surface area contributed by atoms with Crippen molar-refractivity contribution in [3.05, 3.63) is 34.9 Å². The van der Waals surface area contributed by atoms with E-state index in [0.717, 1.165) is 6.07 Å². The Bertz CT molecular complexity index is 341. The van der Waals surface area contributed by atoms with E-state index < -0.39 is 17.7 Å². The zero-order valence-electron chi connectivity index (χ0n) is 6.76. The van der Waals surface area contributed by atoms with Gasteiger partial charge in [-0.05, 0) is 11.6 Å². The Balaban J connectivity index is 2.56. The highest BCUT2D eigenvalue weighted by Crippen LogP contribution is 2.33. The van der Waals surface area contributed by atoms with Gasteiger partial charge in [-0.15, -0.1) is 0 Å². The molecule has 0 aliphatic carbocycles. The molecule has 0 amide bonds. The molecule has 13 heavy (non-hydrogen) atoms. The van der Waals surface area contributed by atoms with Crippen molar-refractivity contribution in [3.8, 4) is 0 Å². The average molecular weight is 202 g/mol. The van der Waals surface area contributed by atoms with Crippen LogP contribution in [0, 0.1) is 11.6 Å². The monoisotopic (exact) mass is 202 g/mol. The van der Waals surface area contributed by atoms with Crippen LogP contribution in [-0.2, 0) is 5.75 Å². The highest BCUT2D eigenvalue weighted by Gasteiger charge is 2.22. The zero-order chi connectivity index (χ0) is 9.42. The van der Waals surface area contributed by atoms with Crippen LogP contribution in [0.3, 0.4) is 0 Å². The molecule has 0 spiro atoms. The summed E-state index contributed by atoms with van der Waals surface area (Å²) < 4.78 is 25.9. The summed E-state index contributed by atoms with van der Waals surface area (Å²) in [4.78, 5) is 0.